The summed E-state index contributed by atoms with van der Waals surface area (Å²) in [5.74, 6) is -1.67. The first-order valence-electron chi connectivity index (χ1n) is 5.39. The number of hydrogen-bond donors (Lipinski definition) is 1. The minimum absolute atomic E-state index is 0.257. The van der Waals surface area contributed by atoms with Gasteiger partial charge in [-0.25, -0.2) is 8.78 Å². The van der Waals surface area contributed by atoms with Gasteiger partial charge in [-0.3, -0.25) is 0 Å². The molecule has 0 saturated heterocycles. The van der Waals surface area contributed by atoms with Crippen LogP contribution in [0.25, 0.3) is 0 Å². The summed E-state index contributed by atoms with van der Waals surface area (Å²) in [7, 11) is 0. The van der Waals surface area contributed by atoms with Crippen molar-refractivity contribution < 1.29 is 8.78 Å². The highest BCUT2D eigenvalue weighted by atomic mass is 32.1. The summed E-state index contributed by atoms with van der Waals surface area (Å²) in [6, 6.07) is 7.61. The van der Waals surface area contributed by atoms with Gasteiger partial charge in [0, 0.05) is 10.9 Å². The lowest BCUT2D eigenvalue weighted by Crippen LogP contribution is -2.11. The number of halogens is 2. The largest absolute Gasteiger partial charge is 0.324 e. The highest BCUT2D eigenvalue weighted by molar-refractivity contribution is 7.09. The molecule has 0 amide bonds. The lowest BCUT2D eigenvalue weighted by Gasteiger charge is -2.11. The average molecular weight is 253 g/mol. The Morgan fingerprint density at radius 1 is 1.18 bits per heavy atom. The Morgan fingerprint density at radius 2 is 2.00 bits per heavy atom. The topological polar surface area (TPSA) is 26.0 Å². The Bertz CT molecular complexity index is 482. The van der Waals surface area contributed by atoms with E-state index in [-0.39, 0.29) is 6.04 Å². The van der Waals surface area contributed by atoms with Crippen LogP contribution in [0.2, 0.25) is 0 Å². The van der Waals surface area contributed by atoms with Crippen LogP contribution in [0.5, 0.6) is 0 Å². The molecular formula is C13H13F2NS. The van der Waals surface area contributed by atoms with Crippen molar-refractivity contribution in [3.63, 3.8) is 0 Å². The molecular weight excluding hydrogens is 240 g/mol. The zero-order valence-corrected chi connectivity index (χ0v) is 10.0. The van der Waals surface area contributed by atoms with Crippen molar-refractivity contribution in [1.29, 1.82) is 0 Å². The first-order valence-corrected chi connectivity index (χ1v) is 6.27. The maximum atomic E-state index is 13.0. The Hall–Kier alpha value is -1.26. The number of hydrogen-bond acceptors (Lipinski definition) is 2. The molecule has 0 aliphatic carbocycles. The van der Waals surface area contributed by atoms with Gasteiger partial charge in [-0.05, 0) is 42.0 Å². The molecule has 1 heterocycles. The second-order valence-corrected chi connectivity index (χ2v) is 4.93. The molecule has 4 heteroatoms. The number of thiophene rings is 1. The fourth-order valence-electron chi connectivity index (χ4n) is 1.66. The van der Waals surface area contributed by atoms with E-state index in [0.717, 1.165) is 18.9 Å². The van der Waals surface area contributed by atoms with E-state index in [4.69, 9.17) is 5.73 Å². The summed E-state index contributed by atoms with van der Waals surface area (Å²) in [5, 5.41) is 2.01. The molecule has 17 heavy (non-hydrogen) atoms. The Kier molecular flexibility index (Phi) is 3.86. The third kappa shape index (κ3) is 3.11. The molecule has 0 aliphatic rings. The molecule has 1 atom stereocenters. The summed E-state index contributed by atoms with van der Waals surface area (Å²) < 4.78 is 25.8. The predicted octanol–water partition coefficient (Wildman–Crippen LogP) is 3.66. The quantitative estimate of drug-likeness (QED) is 0.884. The molecule has 90 valence electrons. The van der Waals surface area contributed by atoms with Gasteiger partial charge < -0.3 is 5.73 Å². The van der Waals surface area contributed by atoms with Crippen LogP contribution >= 0.6 is 11.3 Å². The van der Waals surface area contributed by atoms with Gasteiger partial charge in [0.1, 0.15) is 0 Å². The summed E-state index contributed by atoms with van der Waals surface area (Å²) in [6.07, 6.45) is 1.59. The Morgan fingerprint density at radius 3 is 2.65 bits per heavy atom. The number of nitrogens with two attached hydrogens (primary N) is 1. The van der Waals surface area contributed by atoms with Gasteiger partial charge in [-0.15, -0.1) is 11.3 Å². The molecule has 1 nitrogen and oxygen atoms in total. The van der Waals surface area contributed by atoms with Gasteiger partial charge >= 0.3 is 0 Å². The van der Waals surface area contributed by atoms with E-state index in [1.807, 2.05) is 17.5 Å². The van der Waals surface area contributed by atoms with Gasteiger partial charge in [0.05, 0.1) is 0 Å². The van der Waals surface area contributed by atoms with Crippen molar-refractivity contribution in [3.05, 3.63) is 57.8 Å². The molecule has 2 aromatic rings. The van der Waals surface area contributed by atoms with E-state index in [2.05, 4.69) is 0 Å². The van der Waals surface area contributed by atoms with Gasteiger partial charge in [-0.1, -0.05) is 12.1 Å². The standard InChI is InChI=1S/C13H13F2NS/c14-11-5-3-9(8-12(11)15)13(16)6-4-10-2-1-7-17-10/h1-3,5,7-8,13H,4,6,16H2. The van der Waals surface area contributed by atoms with Gasteiger partial charge in [0.15, 0.2) is 11.6 Å². The van der Waals surface area contributed by atoms with Crippen LogP contribution < -0.4 is 5.73 Å². The Balaban J connectivity index is 1.99. The molecule has 0 aliphatic heterocycles. The third-order valence-corrected chi connectivity index (χ3v) is 3.59. The summed E-state index contributed by atoms with van der Waals surface area (Å²) in [6.45, 7) is 0. The minimum atomic E-state index is -0.839. The monoisotopic (exact) mass is 253 g/mol. The second kappa shape index (κ2) is 5.38. The lowest BCUT2D eigenvalue weighted by atomic mass is 10.0. The van der Waals surface area contributed by atoms with Crippen molar-refractivity contribution in [3.8, 4) is 0 Å². The fourth-order valence-corrected chi connectivity index (χ4v) is 2.39. The molecule has 0 bridgehead atoms. The zero-order chi connectivity index (χ0) is 12.3. The van der Waals surface area contributed by atoms with Crippen molar-refractivity contribution in [2.75, 3.05) is 0 Å². The van der Waals surface area contributed by atoms with Crippen LogP contribution in [-0.2, 0) is 6.42 Å². The Labute approximate surface area is 103 Å². The first kappa shape index (κ1) is 12.2. The number of benzene rings is 1. The molecule has 2 rings (SSSR count). The van der Waals surface area contributed by atoms with E-state index < -0.39 is 11.6 Å². The van der Waals surface area contributed by atoms with Gasteiger partial charge in [0.25, 0.3) is 0 Å². The van der Waals surface area contributed by atoms with E-state index in [9.17, 15) is 8.78 Å². The first-order chi connectivity index (χ1) is 8.16. The number of aryl methyl sites for hydroxylation is 1. The van der Waals surface area contributed by atoms with Crippen molar-refractivity contribution in [2.45, 2.75) is 18.9 Å². The molecule has 0 radical (unpaired) electrons. The number of rotatable bonds is 4. The summed E-state index contributed by atoms with van der Waals surface area (Å²) in [4.78, 5) is 1.25. The molecule has 0 spiro atoms. The zero-order valence-electron chi connectivity index (χ0n) is 9.20. The molecule has 0 fully saturated rings. The highest BCUT2D eigenvalue weighted by Gasteiger charge is 2.10. The maximum Gasteiger partial charge on any atom is 0.159 e. The highest BCUT2D eigenvalue weighted by Crippen LogP contribution is 2.20. The van der Waals surface area contributed by atoms with E-state index in [0.29, 0.717) is 5.56 Å². The van der Waals surface area contributed by atoms with Crippen molar-refractivity contribution >= 4 is 11.3 Å². The molecule has 0 saturated carbocycles. The van der Waals surface area contributed by atoms with Gasteiger partial charge in [-0.2, -0.15) is 0 Å². The van der Waals surface area contributed by atoms with Crippen LogP contribution in [0.4, 0.5) is 8.78 Å². The molecule has 1 aromatic heterocycles. The smallest absolute Gasteiger partial charge is 0.159 e. The summed E-state index contributed by atoms with van der Waals surface area (Å²) >= 11 is 1.68. The predicted molar refractivity (Wildman–Crippen MR) is 65.9 cm³/mol. The van der Waals surface area contributed by atoms with E-state index in [1.54, 1.807) is 11.3 Å². The minimum Gasteiger partial charge on any atom is -0.324 e. The third-order valence-electron chi connectivity index (χ3n) is 2.65. The SMILES string of the molecule is NC(CCc1cccs1)c1ccc(F)c(F)c1. The van der Waals surface area contributed by atoms with Gasteiger partial charge in [0.2, 0.25) is 0 Å². The van der Waals surface area contributed by atoms with Crippen molar-refractivity contribution in [2.24, 2.45) is 5.73 Å². The fraction of sp³-hybridized carbons (Fsp3) is 0.231. The molecule has 1 aromatic carbocycles. The second-order valence-electron chi connectivity index (χ2n) is 3.90. The van der Waals surface area contributed by atoms with Crippen LogP contribution in [0.15, 0.2) is 35.7 Å². The van der Waals surface area contributed by atoms with E-state index in [1.165, 1.54) is 17.0 Å². The normalized spacial score (nSPS) is 12.6. The van der Waals surface area contributed by atoms with Crippen LogP contribution in [0.1, 0.15) is 22.9 Å². The van der Waals surface area contributed by atoms with Crippen LogP contribution in [0, 0.1) is 11.6 Å². The van der Waals surface area contributed by atoms with Crippen LogP contribution in [0.3, 0.4) is 0 Å². The molecule has 2 N–H and O–H groups in total. The van der Waals surface area contributed by atoms with E-state index >= 15 is 0 Å². The average Bonchev–Trinajstić information content (AvgIpc) is 2.82. The molecule has 1 unspecified atom stereocenters. The maximum absolute atomic E-state index is 13.0. The lowest BCUT2D eigenvalue weighted by molar-refractivity contribution is 0.504. The summed E-state index contributed by atoms with van der Waals surface area (Å²) in [5.41, 5.74) is 6.59. The van der Waals surface area contributed by atoms with Crippen molar-refractivity contribution in [1.82, 2.24) is 0 Å². The van der Waals surface area contributed by atoms with Crippen LogP contribution in [-0.4, -0.2) is 0 Å².